The fourth-order valence-corrected chi connectivity index (χ4v) is 0. The summed E-state index contributed by atoms with van der Waals surface area (Å²) in [4.78, 5) is 0. The third-order valence-electron chi connectivity index (χ3n) is 0.894. The summed E-state index contributed by atoms with van der Waals surface area (Å²) in [5.74, 6) is 0. The van der Waals surface area contributed by atoms with Gasteiger partial charge in [-0.15, -0.1) is 10.2 Å². The van der Waals surface area contributed by atoms with Crippen LogP contribution in [0.15, 0.2) is 0 Å². The summed E-state index contributed by atoms with van der Waals surface area (Å²) in [6.07, 6.45) is 0. The lowest BCUT2D eigenvalue weighted by atomic mass is 10.5. The maximum Gasteiger partial charge on any atom is 0.145 e. The van der Waals surface area contributed by atoms with Gasteiger partial charge in [0.1, 0.15) is 19.8 Å². The van der Waals surface area contributed by atoms with Crippen LogP contribution in [0.4, 0.5) is 0 Å². The molecule has 0 saturated heterocycles. The topological polar surface area (TPSA) is 95.2 Å². The maximum absolute atomic E-state index is 8.49. The van der Waals surface area contributed by atoms with Crippen molar-refractivity contribution in [2.75, 3.05) is 14.1 Å². The van der Waals surface area contributed by atoms with Crippen molar-refractivity contribution in [3.8, 4) is 0 Å². The first-order chi connectivity index (χ1) is 4.64. The Morgan fingerprint density at radius 1 is 1.00 bits per heavy atom. The zero-order chi connectivity index (χ0) is 9.65. The molecule has 5 nitrogen and oxygen atoms in total. The van der Waals surface area contributed by atoms with Crippen LogP contribution in [0.2, 0.25) is 0 Å². The Bertz CT molecular complexity index is 116. The van der Waals surface area contributed by atoms with E-state index in [0.717, 1.165) is 0 Å². The SMILES string of the molecule is CC(C)=[N+](C)C.[O-][Cl+3]([O-])([O-])[O-]. The Kier molecular flexibility index (Phi) is 6.64. The van der Waals surface area contributed by atoms with Crippen molar-refractivity contribution in [1.82, 2.24) is 0 Å². The second-order valence-electron chi connectivity index (χ2n) is 2.22. The Hall–Kier alpha value is -0.200. The van der Waals surface area contributed by atoms with Crippen LogP contribution in [0.25, 0.3) is 0 Å². The van der Waals surface area contributed by atoms with Gasteiger partial charge in [0.05, 0.1) is 0 Å². The largest absolute Gasteiger partial charge is 0.243 e. The van der Waals surface area contributed by atoms with E-state index in [-0.39, 0.29) is 0 Å². The quantitative estimate of drug-likeness (QED) is 0.284. The normalized spacial score (nSPS) is 9.82. The van der Waals surface area contributed by atoms with Crippen LogP contribution in [0, 0.1) is 10.2 Å². The van der Waals surface area contributed by atoms with Crippen molar-refractivity contribution >= 4 is 5.71 Å². The molecular formula is C5H12ClNO4. The smallest absolute Gasteiger partial charge is 0.145 e. The predicted octanol–water partition coefficient (Wildman–Crippen LogP) is -4.02. The van der Waals surface area contributed by atoms with Crippen LogP contribution in [0.3, 0.4) is 0 Å². The molecule has 6 heteroatoms. The molecule has 68 valence electrons. The van der Waals surface area contributed by atoms with Gasteiger partial charge in [0.15, 0.2) is 0 Å². The first-order valence-corrected chi connectivity index (χ1v) is 3.97. The number of rotatable bonds is 0. The van der Waals surface area contributed by atoms with Gasteiger partial charge in [-0.1, -0.05) is 0 Å². The van der Waals surface area contributed by atoms with Gasteiger partial charge in [0, 0.05) is 13.8 Å². The van der Waals surface area contributed by atoms with E-state index in [9.17, 15) is 0 Å². The molecule has 0 aliphatic heterocycles. The van der Waals surface area contributed by atoms with Gasteiger partial charge in [-0.3, -0.25) is 0 Å². The van der Waals surface area contributed by atoms with Crippen LogP contribution in [0.5, 0.6) is 0 Å². The second-order valence-corrected chi connectivity index (χ2v) is 2.98. The molecule has 0 N–H and O–H groups in total. The lowest BCUT2D eigenvalue weighted by Crippen LogP contribution is -2.68. The van der Waals surface area contributed by atoms with Crippen molar-refractivity contribution in [2.45, 2.75) is 13.8 Å². The Morgan fingerprint density at radius 2 is 1.09 bits per heavy atom. The van der Waals surface area contributed by atoms with Gasteiger partial charge in [0.25, 0.3) is 0 Å². The molecule has 11 heavy (non-hydrogen) atoms. The van der Waals surface area contributed by atoms with E-state index in [1.165, 1.54) is 5.71 Å². The highest BCUT2D eigenvalue weighted by atomic mass is 35.7. The van der Waals surface area contributed by atoms with Gasteiger partial charge >= 0.3 is 0 Å². The van der Waals surface area contributed by atoms with Crippen molar-refractivity contribution in [3.63, 3.8) is 0 Å². The van der Waals surface area contributed by atoms with Crippen molar-refractivity contribution < 1.29 is 33.5 Å². The van der Waals surface area contributed by atoms with Crippen LogP contribution in [-0.2, 0) is 0 Å². The number of halogens is 1. The first kappa shape index (κ1) is 13.4. The van der Waals surface area contributed by atoms with Gasteiger partial charge in [-0.25, -0.2) is 23.2 Å². The summed E-state index contributed by atoms with van der Waals surface area (Å²) in [5, 5.41) is 0. The van der Waals surface area contributed by atoms with Gasteiger partial charge in [-0.05, 0) is 0 Å². The standard InChI is InChI=1S/C5H12N.ClHO4/c1-5(2)6(3)4;2-1(3,4)5/h1-4H3;(H,2,3,4,5)/q+1;/p-1. The summed E-state index contributed by atoms with van der Waals surface area (Å²) >= 11 is 0. The minimum Gasteiger partial charge on any atom is -0.243 e. The maximum atomic E-state index is 8.49. The highest BCUT2D eigenvalue weighted by Gasteiger charge is 1.84. The van der Waals surface area contributed by atoms with Crippen molar-refractivity contribution in [3.05, 3.63) is 0 Å². The van der Waals surface area contributed by atoms with E-state index in [0.29, 0.717) is 0 Å². The molecule has 0 radical (unpaired) electrons. The first-order valence-electron chi connectivity index (χ1n) is 2.74. The zero-order valence-electron chi connectivity index (χ0n) is 6.96. The van der Waals surface area contributed by atoms with Crippen LogP contribution >= 0.6 is 0 Å². The van der Waals surface area contributed by atoms with Crippen LogP contribution in [-0.4, -0.2) is 24.4 Å². The minimum atomic E-state index is -4.94. The molecule has 0 aliphatic rings. The highest BCUT2D eigenvalue weighted by molar-refractivity contribution is 5.73. The second kappa shape index (κ2) is 5.45. The van der Waals surface area contributed by atoms with E-state index in [2.05, 4.69) is 18.4 Å². The molecule has 0 atom stereocenters. The molecular weight excluding hydrogens is 174 g/mol. The molecule has 0 saturated carbocycles. The molecule has 0 aromatic rings. The summed E-state index contributed by atoms with van der Waals surface area (Å²) < 4.78 is 36.1. The van der Waals surface area contributed by atoms with E-state index < -0.39 is 10.2 Å². The fourth-order valence-electron chi connectivity index (χ4n) is 0. The predicted molar refractivity (Wildman–Crippen MR) is 28.5 cm³/mol. The number of hydrogen-bond acceptors (Lipinski definition) is 4. The van der Waals surface area contributed by atoms with E-state index in [1.807, 2.05) is 14.1 Å². The fraction of sp³-hybridized carbons (Fsp3) is 0.800. The van der Waals surface area contributed by atoms with E-state index in [4.69, 9.17) is 18.6 Å². The molecule has 0 fully saturated rings. The lowest BCUT2D eigenvalue weighted by Gasteiger charge is -2.17. The van der Waals surface area contributed by atoms with Gasteiger partial charge in [-0.2, -0.15) is 0 Å². The van der Waals surface area contributed by atoms with Crippen LogP contribution < -0.4 is 18.6 Å². The van der Waals surface area contributed by atoms with Crippen LogP contribution in [0.1, 0.15) is 13.8 Å². The minimum absolute atomic E-state index is 1.34. The molecule has 0 heterocycles. The zero-order valence-corrected chi connectivity index (χ0v) is 7.71. The summed E-state index contributed by atoms with van der Waals surface area (Å²) in [6, 6.07) is 0. The third kappa shape index (κ3) is 41.3. The summed E-state index contributed by atoms with van der Waals surface area (Å²) in [5.41, 5.74) is 1.34. The molecule has 0 unspecified atom stereocenters. The van der Waals surface area contributed by atoms with Gasteiger partial charge < -0.3 is 0 Å². The monoisotopic (exact) mass is 185 g/mol. The number of hydrogen-bond donors (Lipinski definition) is 0. The Labute approximate surface area is 67.9 Å². The Balaban J connectivity index is 0. The van der Waals surface area contributed by atoms with Crippen molar-refractivity contribution in [2.24, 2.45) is 0 Å². The van der Waals surface area contributed by atoms with E-state index in [1.54, 1.807) is 0 Å². The summed E-state index contributed by atoms with van der Waals surface area (Å²) in [7, 11) is -0.870. The molecule has 0 aromatic heterocycles. The lowest BCUT2D eigenvalue weighted by molar-refractivity contribution is -2.00. The third-order valence-corrected chi connectivity index (χ3v) is 0.894. The average molecular weight is 186 g/mol. The van der Waals surface area contributed by atoms with E-state index >= 15 is 0 Å². The molecule has 0 aromatic carbocycles. The van der Waals surface area contributed by atoms with Gasteiger partial charge in [0.2, 0.25) is 0 Å². The molecule has 0 rings (SSSR count). The molecule has 0 aliphatic carbocycles. The summed E-state index contributed by atoms with van der Waals surface area (Å²) in [6.45, 7) is 4.17. The Morgan fingerprint density at radius 3 is 1.09 bits per heavy atom. The molecule has 0 spiro atoms. The highest BCUT2D eigenvalue weighted by Crippen LogP contribution is 1.63. The average Bonchev–Trinajstić information content (AvgIpc) is 1.59. The molecule has 0 bridgehead atoms. The number of nitrogens with zero attached hydrogens (tertiary/aromatic N) is 1. The molecule has 0 amide bonds. The van der Waals surface area contributed by atoms with Crippen molar-refractivity contribution in [1.29, 1.82) is 0 Å².